The van der Waals surface area contributed by atoms with Gasteiger partial charge >= 0.3 is 5.97 Å². The molecule has 2 N–H and O–H groups in total. The van der Waals surface area contributed by atoms with Gasteiger partial charge in [-0.1, -0.05) is 13.8 Å². The highest BCUT2D eigenvalue weighted by Crippen LogP contribution is 2.36. The normalized spacial score (nSPS) is 18.8. The lowest BCUT2D eigenvalue weighted by molar-refractivity contribution is -0.140. The van der Waals surface area contributed by atoms with Crippen molar-refractivity contribution in [3.05, 3.63) is 35.3 Å². The van der Waals surface area contributed by atoms with Crippen molar-refractivity contribution in [1.29, 1.82) is 0 Å². The van der Waals surface area contributed by atoms with Crippen molar-refractivity contribution in [3.63, 3.8) is 0 Å². The minimum Gasteiger partial charge on any atom is -0.480 e. The van der Waals surface area contributed by atoms with Gasteiger partial charge in [-0.25, -0.2) is 9.18 Å². The maximum atomic E-state index is 13.8. The van der Waals surface area contributed by atoms with Crippen LogP contribution in [0.5, 0.6) is 0 Å². The van der Waals surface area contributed by atoms with Crippen molar-refractivity contribution in [3.8, 4) is 0 Å². The summed E-state index contributed by atoms with van der Waals surface area (Å²) in [4.78, 5) is 11.7. The van der Waals surface area contributed by atoms with E-state index in [2.05, 4.69) is 12.2 Å². The minimum absolute atomic E-state index is 0.272. The van der Waals surface area contributed by atoms with Crippen LogP contribution in [0.1, 0.15) is 44.0 Å². The number of aromatic nitrogens is 1. The lowest BCUT2D eigenvalue weighted by atomic mass is 9.91. The smallest absolute Gasteiger partial charge is 0.326 e. The van der Waals surface area contributed by atoms with Gasteiger partial charge in [0.05, 0.1) is 0 Å². The Balaban J connectivity index is 2.19. The molecule has 1 aromatic carbocycles. The summed E-state index contributed by atoms with van der Waals surface area (Å²) in [6, 6.07) is 4.47. The summed E-state index contributed by atoms with van der Waals surface area (Å²) in [5.41, 5.74) is 3.01. The molecular weight excluding hydrogens is 295 g/mol. The number of carbonyl (C=O) groups is 1. The molecule has 2 atom stereocenters. The summed E-state index contributed by atoms with van der Waals surface area (Å²) < 4.78 is 15.7. The van der Waals surface area contributed by atoms with Crippen LogP contribution in [0, 0.1) is 5.82 Å². The number of aliphatic carboxylic acids is 1. The molecule has 1 aliphatic rings. The SMILES string of the molecule is CCNC1CCc2c(c3cc(F)ccc3n2C(CC)C(=O)O)C1. The molecule has 4 nitrogen and oxygen atoms in total. The average Bonchev–Trinajstić information content (AvgIpc) is 2.82. The van der Waals surface area contributed by atoms with E-state index in [4.69, 9.17) is 0 Å². The van der Waals surface area contributed by atoms with Crippen molar-refractivity contribution in [2.45, 2.75) is 51.6 Å². The Morgan fingerprint density at radius 2 is 2.26 bits per heavy atom. The second kappa shape index (κ2) is 6.32. The molecule has 2 aromatic rings. The van der Waals surface area contributed by atoms with E-state index in [0.717, 1.165) is 48.0 Å². The highest BCUT2D eigenvalue weighted by molar-refractivity contribution is 5.88. The molecule has 0 radical (unpaired) electrons. The first-order chi connectivity index (χ1) is 11.1. The van der Waals surface area contributed by atoms with Crippen LogP contribution >= 0.6 is 0 Å². The molecule has 124 valence electrons. The number of benzene rings is 1. The highest BCUT2D eigenvalue weighted by Gasteiger charge is 2.30. The van der Waals surface area contributed by atoms with Crippen molar-refractivity contribution in [1.82, 2.24) is 9.88 Å². The number of hydrogen-bond acceptors (Lipinski definition) is 2. The van der Waals surface area contributed by atoms with Gasteiger partial charge < -0.3 is 15.0 Å². The number of hydrogen-bond donors (Lipinski definition) is 2. The first-order valence-electron chi connectivity index (χ1n) is 8.34. The van der Waals surface area contributed by atoms with Gasteiger partial charge in [0.2, 0.25) is 0 Å². The van der Waals surface area contributed by atoms with Crippen LogP contribution in [0.15, 0.2) is 18.2 Å². The molecule has 0 fully saturated rings. The van der Waals surface area contributed by atoms with Gasteiger partial charge in [-0.05, 0) is 56.0 Å². The Bertz CT molecular complexity index is 738. The van der Waals surface area contributed by atoms with Crippen LogP contribution in [0.25, 0.3) is 10.9 Å². The van der Waals surface area contributed by atoms with E-state index in [1.165, 1.54) is 6.07 Å². The van der Waals surface area contributed by atoms with Crippen molar-refractivity contribution in [2.24, 2.45) is 0 Å². The molecule has 1 heterocycles. The van der Waals surface area contributed by atoms with Gasteiger partial charge in [-0.3, -0.25) is 0 Å². The van der Waals surface area contributed by atoms with Crippen LogP contribution in [0.3, 0.4) is 0 Å². The van der Waals surface area contributed by atoms with E-state index in [1.807, 2.05) is 11.5 Å². The van der Waals surface area contributed by atoms with Gasteiger partial charge in [-0.2, -0.15) is 0 Å². The molecule has 5 heteroatoms. The molecule has 1 aliphatic carbocycles. The van der Waals surface area contributed by atoms with E-state index >= 15 is 0 Å². The van der Waals surface area contributed by atoms with Crippen LogP contribution in [-0.2, 0) is 17.6 Å². The molecule has 0 bridgehead atoms. The third-order valence-corrected chi connectivity index (χ3v) is 4.84. The van der Waals surface area contributed by atoms with Crippen LogP contribution in [0.4, 0.5) is 4.39 Å². The molecular formula is C18H23FN2O2. The molecule has 0 spiro atoms. The Morgan fingerprint density at radius 1 is 1.48 bits per heavy atom. The number of likely N-dealkylation sites (N-methyl/N-ethyl adjacent to an activating group) is 1. The fourth-order valence-corrected chi connectivity index (χ4v) is 3.85. The van der Waals surface area contributed by atoms with Gasteiger partial charge in [0.25, 0.3) is 0 Å². The standard InChI is InChI=1S/C18H23FN2O2/c1-3-15(18(22)23)21-16-7-5-11(19)9-13(16)14-10-12(20-4-2)6-8-17(14)21/h5,7,9,12,15,20H,3-4,6,8,10H2,1-2H3,(H,22,23). The van der Waals surface area contributed by atoms with Gasteiger partial charge in [0, 0.05) is 22.6 Å². The molecule has 23 heavy (non-hydrogen) atoms. The topological polar surface area (TPSA) is 54.3 Å². The van der Waals surface area contributed by atoms with E-state index in [0.29, 0.717) is 12.5 Å². The Morgan fingerprint density at radius 3 is 2.91 bits per heavy atom. The summed E-state index contributed by atoms with van der Waals surface area (Å²) in [7, 11) is 0. The highest BCUT2D eigenvalue weighted by atomic mass is 19.1. The maximum absolute atomic E-state index is 13.8. The predicted molar refractivity (Wildman–Crippen MR) is 88.3 cm³/mol. The number of rotatable bonds is 5. The maximum Gasteiger partial charge on any atom is 0.326 e. The first kappa shape index (κ1) is 16.0. The van der Waals surface area contributed by atoms with Gasteiger partial charge in [0.15, 0.2) is 0 Å². The number of nitrogens with zero attached hydrogens (tertiary/aromatic N) is 1. The van der Waals surface area contributed by atoms with E-state index in [1.54, 1.807) is 12.1 Å². The van der Waals surface area contributed by atoms with E-state index in [-0.39, 0.29) is 5.82 Å². The number of carboxylic acids is 1. The third-order valence-electron chi connectivity index (χ3n) is 4.84. The number of nitrogens with one attached hydrogen (secondary N) is 1. The molecule has 1 aromatic heterocycles. The minimum atomic E-state index is -0.828. The summed E-state index contributed by atoms with van der Waals surface area (Å²) >= 11 is 0. The molecule has 3 rings (SSSR count). The fourth-order valence-electron chi connectivity index (χ4n) is 3.85. The Kier molecular flexibility index (Phi) is 4.39. The zero-order valence-electron chi connectivity index (χ0n) is 13.6. The van der Waals surface area contributed by atoms with Crippen molar-refractivity contribution >= 4 is 16.9 Å². The average molecular weight is 318 g/mol. The quantitative estimate of drug-likeness (QED) is 0.889. The zero-order valence-corrected chi connectivity index (χ0v) is 13.6. The van der Waals surface area contributed by atoms with Gasteiger partial charge in [0.1, 0.15) is 11.9 Å². The van der Waals surface area contributed by atoms with E-state index in [9.17, 15) is 14.3 Å². The summed E-state index contributed by atoms with van der Waals surface area (Å²) in [5, 5.41) is 13.9. The lowest BCUT2D eigenvalue weighted by Gasteiger charge is -2.26. The zero-order chi connectivity index (χ0) is 16.6. The Labute approximate surface area is 135 Å². The summed E-state index contributed by atoms with van der Waals surface area (Å²) in [6.45, 7) is 4.86. The molecule has 0 saturated heterocycles. The summed E-state index contributed by atoms with van der Waals surface area (Å²) in [5.74, 6) is -1.10. The summed E-state index contributed by atoms with van der Waals surface area (Å²) in [6.07, 6.45) is 3.15. The fraction of sp³-hybridized carbons (Fsp3) is 0.500. The predicted octanol–water partition coefficient (Wildman–Crippen LogP) is 3.28. The van der Waals surface area contributed by atoms with Crippen molar-refractivity contribution in [2.75, 3.05) is 6.54 Å². The second-order valence-electron chi connectivity index (χ2n) is 6.22. The number of carboxylic acid groups (broad SMARTS) is 1. The Hall–Kier alpha value is -1.88. The van der Waals surface area contributed by atoms with Crippen LogP contribution < -0.4 is 5.32 Å². The first-order valence-corrected chi connectivity index (χ1v) is 8.34. The number of fused-ring (bicyclic) bond motifs is 3. The second-order valence-corrected chi connectivity index (χ2v) is 6.22. The lowest BCUT2D eigenvalue weighted by Crippen LogP contribution is -2.35. The third kappa shape index (κ3) is 2.74. The van der Waals surface area contributed by atoms with Gasteiger partial charge in [-0.15, -0.1) is 0 Å². The van der Waals surface area contributed by atoms with E-state index < -0.39 is 12.0 Å². The van der Waals surface area contributed by atoms with Crippen LogP contribution in [-0.4, -0.2) is 28.2 Å². The van der Waals surface area contributed by atoms with Crippen LogP contribution in [0.2, 0.25) is 0 Å². The molecule has 0 amide bonds. The monoisotopic (exact) mass is 318 g/mol. The van der Waals surface area contributed by atoms with Crippen molar-refractivity contribution < 1.29 is 14.3 Å². The largest absolute Gasteiger partial charge is 0.480 e. The molecule has 2 unspecified atom stereocenters. The number of halogens is 1. The molecule has 0 aliphatic heterocycles. The molecule has 0 saturated carbocycles.